The maximum absolute atomic E-state index is 2.27. The Bertz CT molecular complexity index is 1480. The van der Waals surface area contributed by atoms with Crippen molar-refractivity contribution in [2.45, 2.75) is 0 Å². The second kappa shape index (κ2) is 5.94. The zero-order valence-electron chi connectivity index (χ0n) is 15.4. The fourth-order valence-electron chi connectivity index (χ4n) is 4.57. The van der Waals surface area contributed by atoms with Crippen molar-refractivity contribution in [3.05, 3.63) is 108 Å². The zero-order valence-corrected chi connectivity index (χ0v) is 15.4. The van der Waals surface area contributed by atoms with Crippen molar-refractivity contribution >= 4 is 55.2 Å². The Morgan fingerprint density at radius 2 is 1.04 bits per heavy atom. The Morgan fingerprint density at radius 1 is 0.393 bits per heavy atom. The lowest BCUT2D eigenvalue weighted by molar-refractivity contribution is 1.66. The second-order valence-electron chi connectivity index (χ2n) is 7.39. The minimum atomic E-state index is 1.22. The van der Waals surface area contributed by atoms with E-state index in [2.05, 4.69) is 109 Å². The van der Waals surface area contributed by atoms with Crippen LogP contribution in [0.15, 0.2) is 97.1 Å². The quantitative estimate of drug-likeness (QED) is 0.168. The summed E-state index contributed by atoms with van der Waals surface area (Å²) in [5.41, 5.74) is 2.49. The molecule has 0 heteroatoms. The van der Waals surface area contributed by atoms with Gasteiger partial charge in [0.2, 0.25) is 0 Å². The van der Waals surface area contributed by atoms with Gasteiger partial charge in [0, 0.05) is 0 Å². The van der Waals surface area contributed by atoms with Crippen molar-refractivity contribution in [2.24, 2.45) is 0 Å². The van der Waals surface area contributed by atoms with Gasteiger partial charge >= 0.3 is 0 Å². The summed E-state index contributed by atoms with van der Waals surface area (Å²) in [6.45, 7) is 0. The van der Waals surface area contributed by atoms with Gasteiger partial charge in [0.25, 0.3) is 0 Å². The fourth-order valence-corrected chi connectivity index (χ4v) is 4.57. The predicted octanol–water partition coefficient (Wildman–Crippen LogP) is 7.91. The molecule has 0 atom stereocenters. The number of hydrogen-bond donors (Lipinski definition) is 0. The molecule has 0 saturated carbocycles. The van der Waals surface area contributed by atoms with Crippen LogP contribution in [0.25, 0.3) is 55.2 Å². The highest BCUT2D eigenvalue weighted by atomic mass is 14.2. The molecular formula is C28H18. The lowest BCUT2D eigenvalue weighted by atomic mass is 9.87. The SMILES string of the molecule is C(=C\c1ccc2cccc3c4cccc5cccc(c1c23)c54)/c1ccccc1. The highest BCUT2D eigenvalue weighted by molar-refractivity contribution is 6.34. The first-order chi connectivity index (χ1) is 13.9. The second-order valence-corrected chi connectivity index (χ2v) is 7.39. The third kappa shape index (κ3) is 2.18. The number of hydrogen-bond acceptors (Lipinski definition) is 0. The van der Waals surface area contributed by atoms with Crippen LogP contribution >= 0.6 is 0 Å². The number of benzene rings is 6. The molecule has 0 spiro atoms. The first kappa shape index (κ1) is 15.4. The van der Waals surface area contributed by atoms with Crippen LogP contribution in [0, 0.1) is 0 Å². The van der Waals surface area contributed by atoms with Gasteiger partial charge in [0.15, 0.2) is 0 Å². The summed E-state index contributed by atoms with van der Waals surface area (Å²) >= 11 is 0. The van der Waals surface area contributed by atoms with Gasteiger partial charge in [-0.25, -0.2) is 0 Å². The fraction of sp³-hybridized carbons (Fsp3) is 0. The molecule has 0 aliphatic rings. The Labute approximate surface area is 163 Å². The molecule has 6 aromatic rings. The Balaban J connectivity index is 1.79. The van der Waals surface area contributed by atoms with E-state index in [1.807, 2.05) is 0 Å². The van der Waals surface area contributed by atoms with E-state index in [9.17, 15) is 0 Å². The van der Waals surface area contributed by atoms with Crippen LogP contribution in [0.4, 0.5) is 0 Å². The van der Waals surface area contributed by atoms with Gasteiger partial charge in [-0.1, -0.05) is 109 Å². The van der Waals surface area contributed by atoms with Crippen LogP contribution in [0.3, 0.4) is 0 Å². The van der Waals surface area contributed by atoms with Crippen molar-refractivity contribution < 1.29 is 0 Å². The number of fused-ring (bicyclic) bond motifs is 2. The van der Waals surface area contributed by atoms with E-state index in [0.29, 0.717) is 0 Å². The molecule has 0 aliphatic heterocycles. The number of rotatable bonds is 2. The maximum atomic E-state index is 2.27. The first-order valence-corrected chi connectivity index (χ1v) is 9.71. The molecule has 6 rings (SSSR count). The molecule has 0 bridgehead atoms. The van der Waals surface area contributed by atoms with Gasteiger partial charge in [-0.2, -0.15) is 0 Å². The molecule has 0 fully saturated rings. The molecule has 0 unspecified atom stereocenters. The molecule has 0 aliphatic carbocycles. The molecule has 0 nitrogen and oxygen atoms in total. The molecule has 0 aromatic heterocycles. The zero-order chi connectivity index (χ0) is 18.5. The molecule has 6 aromatic carbocycles. The Morgan fingerprint density at radius 3 is 1.79 bits per heavy atom. The highest BCUT2D eigenvalue weighted by Crippen LogP contribution is 2.41. The predicted molar refractivity (Wildman–Crippen MR) is 123 cm³/mol. The van der Waals surface area contributed by atoms with Crippen molar-refractivity contribution in [3.63, 3.8) is 0 Å². The van der Waals surface area contributed by atoms with Gasteiger partial charge in [0.1, 0.15) is 0 Å². The summed E-state index contributed by atoms with van der Waals surface area (Å²) in [6.07, 6.45) is 4.47. The van der Waals surface area contributed by atoms with Crippen LogP contribution in [0.1, 0.15) is 11.1 Å². The van der Waals surface area contributed by atoms with Gasteiger partial charge in [0.05, 0.1) is 0 Å². The van der Waals surface area contributed by atoms with Crippen LogP contribution in [-0.2, 0) is 0 Å². The molecule has 0 N–H and O–H groups in total. The Kier molecular flexibility index (Phi) is 3.27. The molecule has 28 heavy (non-hydrogen) atoms. The van der Waals surface area contributed by atoms with E-state index in [-0.39, 0.29) is 0 Å². The summed E-state index contributed by atoms with van der Waals surface area (Å²) in [5, 5.41) is 10.7. The van der Waals surface area contributed by atoms with E-state index in [4.69, 9.17) is 0 Å². The van der Waals surface area contributed by atoms with Crippen LogP contribution < -0.4 is 0 Å². The maximum Gasteiger partial charge on any atom is -0.00201 e. The minimum absolute atomic E-state index is 1.22. The summed E-state index contributed by atoms with van der Waals surface area (Å²) < 4.78 is 0. The van der Waals surface area contributed by atoms with E-state index in [1.54, 1.807) is 0 Å². The van der Waals surface area contributed by atoms with E-state index >= 15 is 0 Å². The standard InChI is InChI=1S/C28H18/c1-2-7-19(8-3-1)15-16-22-18-17-21-11-5-13-24-23-12-4-9-20-10-6-14-25(26(20)23)28(22)27(21)24/h1-18H/b16-15+. The lowest BCUT2D eigenvalue weighted by Gasteiger charge is -2.16. The van der Waals surface area contributed by atoms with Gasteiger partial charge in [-0.15, -0.1) is 0 Å². The average molecular weight is 354 g/mol. The third-order valence-corrected chi connectivity index (χ3v) is 5.80. The van der Waals surface area contributed by atoms with Gasteiger partial charge in [-0.3, -0.25) is 0 Å². The van der Waals surface area contributed by atoms with Crippen molar-refractivity contribution in [3.8, 4) is 0 Å². The van der Waals surface area contributed by atoms with Crippen LogP contribution in [-0.4, -0.2) is 0 Å². The van der Waals surface area contributed by atoms with Crippen molar-refractivity contribution in [1.82, 2.24) is 0 Å². The normalized spacial score (nSPS) is 12.1. The summed E-state index contributed by atoms with van der Waals surface area (Å²) in [4.78, 5) is 0. The molecule has 130 valence electrons. The molecule has 0 heterocycles. The van der Waals surface area contributed by atoms with Crippen LogP contribution in [0.5, 0.6) is 0 Å². The monoisotopic (exact) mass is 354 g/mol. The topological polar surface area (TPSA) is 0 Å². The van der Waals surface area contributed by atoms with Crippen LogP contribution in [0.2, 0.25) is 0 Å². The van der Waals surface area contributed by atoms with Gasteiger partial charge < -0.3 is 0 Å². The van der Waals surface area contributed by atoms with E-state index in [0.717, 1.165) is 0 Å². The smallest absolute Gasteiger partial charge is 0.00201 e. The van der Waals surface area contributed by atoms with E-state index < -0.39 is 0 Å². The first-order valence-electron chi connectivity index (χ1n) is 9.71. The van der Waals surface area contributed by atoms with Crippen molar-refractivity contribution in [2.75, 3.05) is 0 Å². The average Bonchev–Trinajstić information content (AvgIpc) is 2.76. The molecule has 0 amide bonds. The lowest BCUT2D eigenvalue weighted by Crippen LogP contribution is -1.89. The minimum Gasteiger partial charge on any atom is -0.0622 e. The summed E-state index contributed by atoms with van der Waals surface area (Å²) in [7, 11) is 0. The van der Waals surface area contributed by atoms with Crippen molar-refractivity contribution in [1.29, 1.82) is 0 Å². The third-order valence-electron chi connectivity index (χ3n) is 5.80. The highest BCUT2D eigenvalue weighted by Gasteiger charge is 2.14. The Hall–Kier alpha value is -3.64. The van der Waals surface area contributed by atoms with Gasteiger partial charge in [-0.05, 0) is 54.2 Å². The molecular weight excluding hydrogens is 336 g/mol. The molecule has 0 saturated heterocycles. The summed E-state index contributed by atoms with van der Waals surface area (Å²) in [5.74, 6) is 0. The molecule has 0 radical (unpaired) electrons. The largest absolute Gasteiger partial charge is 0.0622 e. The summed E-state index contributed by atoms with van der Waals surface area (Å²) in [6, 6.07) is 35.0. The van der Waals surface area contributed by atoms with E-state index in [1.165, 1.54) is 54.2 Å².